The van der Waals surface area contributed by atoms with Crippen LogP contribution in [0.15, 0.2) is 54.6 Å². The van der Waals surface area contributed by atoms with Crippen molar-refractivity contribution >= 4 is 17.8 Å². The number of benzene rings is 2. The minimum Gasteiger partial charge on any atom is -0.350 e. The standard InChI is InChI=1S/C23H28N4O3/c1-3-26(4-2)20(18-8-6-5-7-9-18)14-24-22(29)19-12-10-17(11-13-19)16-27-21(28)15-25-23(27)30/h5-13,20H,3-4,14-16H2,1-2H3,(H,24,29)(H,25,30). The normalized spacial score (nSPS) is 14.7. The van der Waals surface area contributed by atoms with Crippen LogP contribution in [0.2, 0.25) is 0 Å². The molecule has 2 N–H and O–H groups in total. The first kappa shape index (κ1) is 21.5. The highest BCUT2D eigenvalue weighted by molar-refractivity contribution is 6.01. The number of nitrogens with one attached hydrogen (secondary N) is 2. The molecule has 30 heavy (non-hydrogen) atoms. The Morgan fingerprint density at radius 3 is 2.30 bits per heavy atom. The van der Waals surface area contributed by atoms with E-state index in [-0.39, 0.29) is 37.0 Å². The van der Waals surface area contributed by atoms with Crippen LogP contribution in [0.4, 0.5) is 4.79 Å². The summed E-state index contributed by atoms with van der Waals surface area (Å²) in [5.41, 5.74) is 2.51. The molecule has 1 unspecified atom stereocenters. The van der Waals surface area contributed by atoms with Crippen LogP contribution in [0.25, 0.3) is 0 Å². The third-order valence-corrected chi connectivity index (χ3v) is 5.39. The minimum absolute atomic E-state index is 0.0362. The number of hydrogen-bond donors (Lipinski definition) is 2. The van der Waals surface area contributed by atoms with Gasteiger partial charge in [-0.25, -0.2) is 4.79 Å². The lowest BCUT2D eigenvalue weighted by atomic mass is 10.0. The molecule has 0 spiro atoms. The molecule has 7 nitrogen and oxygen atoms in total. The molecule has 1 atom stereocenters. The summed E-state index contributed by atoms with van der Waals surface area (Å²) in [6.07, 6.45) is 0. The number of carbonyl (C=O) groups is 3. The van der Waals surface area contributed by atoms with E-state index in [1.54, 1.807) is 24.3 Å². The Hall–Kier alpha value is -3.19. The number of hydrogen-bond acceptors (Lipinski definition) is 4. The van der Waals surface area contributed by atoms with Gasteiger partial charge in [-0.3, -0.25) is 19.4 Å². The van der Waals surface area contributed by atoms with Crippen molar-refractivity contribution in [3.63, 3.8) is 0 Å². The number of imide groups is 1. The van der Waals surface area contributed by atoms with Gasteiger partial charge >= 0.3 is 6.03 Å². The van der Waals surface area contributed by atoms with Crippen LogP contribution in [-0.2, 0) is 11.3 Å². The fraction of sp³-hybridized carbons (Fsp3) is 0.348. The summed E-state index contributed by atoms with van der Waals surface area (Å²) in [7, 11) is 0. The highest BCUT2D eigenvalue weighted by Crippen LogP contribution is 2.20. The molecule has 1 saturated heterocycles. The molecule has 1 aliphatic rings. The number of amides is 4. The second kappa shape index (κ2) is 10.0. The molecule has 3 rings (SSSR count). The molecule has 0 aromatic heterocycles. The fourth-order valence-electron chi connectivity index (χ4n) is 3.65. The lowest BCUT2D eigenvalue weighted by Crippen LogP contribution is -2.38. The van der Waals surface area contributed by atoms with Gasteiger partial charge in [0.1, 0.15) is 0 Å². The van der Waals surface area contributed by atoms with Crippen molar-refractivity contribution in [1.29, 1.82) is 0 Å². The quantitative estimate of drug-likeness (QED) is 0.625. The van der Waals surface area contributed by atoms with Gasteiger partial charge in [0.2, 0.25) is 5.91 Å². The van der Waals surface area contributed by atoms with Crippen LogP contribution in [0.3, 0.4) is 0 Å². The van der Waals surface area contributed by atoms with Gasteiger partial charge in [0.25, 0.3) is 5.91 Å². The molecule has 1 fully saturated rings. The van der Waals surface area contributed by atoms with Crippen LogP contribution < -0.4 is 10.6 Å². The summed E-state index contributed by atoms with van der Waals surface area (Å²) in [4.78, 5) is 39.5. The minimum atomic E-state index is -0.384. The van der Waals surface area contributed by atoms with E-state index in [4.69, 9.17) is 0 Å². The number of rotatable bonds is 9. The molecular weight excluding hydrogens is 380 g/mol. The van der Waals surface area contributed by atoms with E-state index in [1.165, 1.54) is 10.5 Å². The van der Waals surface area contributed by atoms with Crippen LogP contribution in [0, 0.1) is 0 Å². The van der Waals surface area contributed by atoms with E-state index in [2.05, 4.69) is 41.5 Å². The average Bonchev–Trinajstić information content (AvgIpc) is 3.09. The van der Waals surface area contributed by atoms with E-state index < -0.39 is 0 Å². The van der Waals surface area contributed by atoms with Crippen molar-refractivity contribution in [2.45, 2.75) is 26.4 Å². The van der Waals surface area contributed by atoms with Crippen molar-refractivity contribution in [3.8, 4) is 0 Å². The third kappa shape index (κ3) is 5.04. The smallest absolute Gasteiger partial charge is 0.324 e. The largest absolute Gasteiger partial charge is 0.350 e. The summed E-state index contributed by atoms with van der Waals surface area (Å²) in [6, 6.07) is 16.9. The number of urea groups is 1. The Balaban J connectivity index is 1.63. The van der Waals surface area contributed by atoms with Crippen molar-refractivity contribution in [2.75, 3.05) is 26.2 Å². The number of nitrogens with zero attached hydrogens (tertiary/aromatic N) is 2. The molecule has 0 radical (unpaired) electrons. The zero-order valence-corrected chi connectivity index (χ0v) is 17.4. The summed E-state index contributed by atoms with van der Waals surface area (Å²) in [6.45, 7) is 6.76. The molecule has 2 aromatic rings. The van der Waals surface area contributed by atoms with Gasteiger partial charge in [0.15, 0.2) is 0 Å². The second-order valence-corrected chi connectivity index (χ2v) is 7.19. The predicted molar refractivity (Wildman–Crippen MR) is 115 cm³/mol. The maximum atomic E-state index is 12.7. The predicted octanol–water partition coefficient (Wildman–Crippen LogP) is 2.55. The Morgan fingerprint density at radius 1 is 1.07 bits per heavy atom. The van der Waals surface area contributed by atoms with Gasteiger partial charge in [0.05, 0.1) is 19.1 Å². The number of carbonyl (C=O) groups excluding carboxylic acids is 3. The molecule has 0 saturated carbocycles. The molecule has 0 aliphatic carbocycles. The van der Waals surface area contributed by atoms with Gasteiger partial charge in [-0.15, -0.1) is 0 Å². The average molecular weight is 409 g/mol. The molecule has 158 valence electrons. The first-order valence-electron chi connectivity index (χ1n) is 10.3. The van der Waals surface area contributed by atoms with Crippen molar-refractivity contribution in [3.05, 3.63) is 71.3 Å². The Bertz CT molecular complexity index is 863. The van der Waals surface area contributed by atoms with Gasteiger partial charge in [-0.05, 0) is 36.3 Å². The summed E-state index contributed by atoms with van der Waals surface area (Å²) in [5, 5.41) is 5.54. The molecule has 0 bridgehead atoms. The highest BCUT2D eigenvalue weighted by atomic mass is 16.2. The van der Waals surface area contributed by atoms with Gasteiger partial charge in [0, 0.05) is 12.1 Å². The van der Waals surface area contributed by atoms with Crippen molar-refractivity contribution < 1.29 is 14.4 Å². The van der Waals surface area contributed by atoms with Gasteiger partial charge in [-0.2, -0.15) is 0 Å². The van der Waals surface area contributed by atoms with Crippen LogP contribution in [0.1, 0.15) is 41.4 Å². The second-order valence-electron chi connectivity index (χ2n) is 7.19. The lowest BCUT2D eigenvalue weighted by molar-refractivity contribution is -0.125. The summed E-state index contributed by atoms with van der Waals surface area (Å²) in [5.74, 6) is -0.394. The first-order valence-corrected chi connectivity index (χ1v) is 10.3. The van der Waals surface area contributed by atoms with Crippen LogP contribution in [0.5, 0.6) is 0 Å². The first-order chi connectivity index (χ1) is 14.5. The fourth-order valence-corrected chi connectivity index (χ4v) is 3.65. The van der Waals surface area contributed by atoms with E-state index in [0.717, 1.165) is 18.7 Å². The monoisotopic (exact) mass is 408 g/mol. The molecule has 4 amide bonds. The molecular formula is C23H28N4O3. The van der Waals surface area contributed by atoms with E-state index in [0.29, 0.717) is 12.1 Å². The maximum Gasteiger partial charge on any atom is 0.324 e. The van der Waals surface area contributed by atoms with Crippen LogP contribution in [-0.4, -0.2) is 53.8 Å². The van der Waals surface area contributed by atoms with Crippen LogP contribution >= 0.6 is 0 Å². The SMILES string of the molecule is CCN(CC)C(CNC(=O)c1ccc(CN2C(=O)CNC2=O)cc1)c1ccccc1. The lowest BCUT2D eigenvalue weighted by Gasteiger charge is -2.30. The molecule has 1 aliphatic heterocycles. The highest BCUT2D eigenvalue weighted by Gasteiger charge is 2.28. The molecule has 7 heteroatoms. The Morgan fingerprint density at radius 2 is 1.73 bits per heavy atom. The zero-order valence-electron chi connectivity index (χ0n) is 17.4. The zero-order chi connectivity index (χ0) is 21.5. The third-order valence-electron chi connectivity index (χ3n) is 5.39. The topological polar surface area (TPSA) is 81.8 Å². The number of likely N-dealkylation sites (N-methyl/N-ethyl adjacent to an activating group) is 1. The molecule has 1 heterocycles. The van der Waals surface area contributed by atoms with Gasteiger partial charge < -0.3 is 10.6 Å². The van der Waals surface area contributed by atoms with E-state index >= 15 is 0 Å². The van der Waals surface area contributed by atoms with E-state index in [9.17, 15) is 14.4 Å². The maximum absolute atomic E-state index is 12.7. The molecule has 2 aromatic carbocycles. The Kier molecular flexibility index (Phi) is 7.19. The summed E-state index contributed by atoms with van der Waals surface area (Å²) < 4.78 is 0. The summed E-state index contributed by atoms with van der Waals surface area (Å²) >= 11 is 0. The Labute approximate surface area is 177 Å². The van der Waals surface area contributed by atoms with Crippen molar-refractivity contribution in [1.82, 2.24) is 20.4 Å². The van der Waals surface area contributed by atoms with E-state index in [1.807, 2.05) is 18.2 Å². The van der Waals surface area contributed by atoms with Crippen molar-refractivity contribution in [2.24, 2.45) is 0 Å². The van der Waals surface area contributed by atoms with Gasteiger partial charge in [-0.1, -0.05) is 56.3 Å².